The minimum absolute atomic E-state index is 0.388. The highest BCUT2D eigenvalue weighted by molar-refractivity contribution is 6.13. The maximum Gasteiger partial charge on any atom is 0.416 e. The normalized spacial score (nSPS) is 11.6. The van der Waals surface area contributed by atoms with E-state index in [9.17, 15) is 13.2 Å². The van der Waals surface area contributed by atoms with E-state index in [1.807, 2.05) is 122 Å². The first-order valence-corrected chi connectivity index (χ1v) is 21.7. The van der Waals surface area contributed by atoms with Crippen LogP contribution in [0.25, 0.3) is 106 Å². The van der Waals surface area contributed by atoms with Crippen LogP contribution in [0.4, 0.5) is 13.2 Å². The Labute approximate surface area is 380 Å². The molecular formula is C59H39F3N4. The fraction of sp³-hybridized carbons (Fsp3) is 0.0339. The summed E-state index contributed by atoms with van der Waals surface area (Å²) in [5.74, 6) is 1.35. The fourth-order valence-electron chi connectivity index (χ4n) is 8.94. The minimum atomic E-state index is -4.58. The predicted octanol–water partition coefficient (Wildman–Crippen LogP) is 16.0. The molecule has 0 atom stereocenters. The Morgan fingerprint density at radius 3 is 1.21 bits per heavy atom. The average molecular weight is 861 g/mol. The molecule has 0 saturated carbocycles. The number of aryl methyl sites for hydroxylation is 1. The lowest BCUT2D eigenvalue weighted by atomic mass is 9.91. The van der Waals surface area contributed by atoms with E-state index in [0.29, 0.717) is 34.2 Å². The van der Waals surface area contributed by atoms with Crippen LogP contribution in [0.15, 0.2) is 218 Å². The zero-order valence-electron chi connectivity index (χ0n) is 35.7. The topological polar surface area (TPSA) is 43.6 Å². The summed E-state index contributed by atoms with van der Waals surface area (Å²) in [6.45, 7) is 2.04. The molecule has 11 aromatic rings. The number of hydrogen-bond donors (Lipinski definition) is 0. The molecule has 0 aliphatic heterocycles. The molecule has 0 spiro atoms. The number of aromatic nitrogens is 4. The smallest absolute Gasteiger partial charge is 0.308 e. The van der Waals surface area contributed by atoms with Gasteiger partial charge >= 0.3 is 6.18 Å². The van der Waals surface area contributed by atoms with Gasteiger partial charge in [-0.1, -0.05) is 175 Å². The highest BCUT2D eigenvalue weighted by Crippen LogP contribution is 2.46. The van der Waals surface area contributed by atoms with Crippen LogP contribution in [-0.4, -0.2) is 19.5 Å². The molecule has 0 radical (unpaired) electrons. The van der Waals surface area contributed by atoms with E-state index in [-0.39, 0.29) is 0 Å². The van der Waals surface area contributed by atoms with Crippen molar-refractivity contribution in [2.45, 2.75) is 13.1 Å². The number of hydrogen-bond acceptors (Lipinski definition) is 3. The van der Waals surface area contributed by atoms with Crippen molar-refractivity contribution in [2.75, 3.05) is 0 Å². The summed E-state index contributed by atoms with van der Waals surface area (Å²) in [6.07, 6.45) is -4.58. The molecule has 7 heteroatoms. The van der Waals surface area contributed by atoms with E-state index in [0.717, 1.165) is 83.6 Å². The zero-order valence-corrected chi connectivity index (χ0v) is 35.7. The Hall–Kier alpha value is -8.42. The van der Waals surface area contributed by atoms with Crippen LogP contribution in [-0.2, 0) is 6.18 Å². The van der Waals surface area contributed by atoms with Crippen LogP contribution < -0.4 is 0 Å². The molecule has 316 valence electrons. The molecule has 0 fully saturated rings. The molecular weight excluding hydrogens is 822 g/mol. The monoisotopic (exact) mass is 860 g/mol. The first-order valence-electron chi connectivity index (χ1n) is 21.7. The second kappa shape index (κ2) is 16.6. The SMILES string of the molecule is Cc1cccc(-c2cc(-c3nc(-c4ccccc4)nc(-c4ccccc4)n3)cc(-c3cccc(C(F)(F)F)c3)c2-n2c3ccc(-c4ccccc4)cc3c3cc(-c4ccccc4)ccc32)c1. The lowest BCUT2D eigenvalue weighted by molar-refractivity contribution is -0.137. The van der Waals surface area contributed by atoms with E-state index in [2.05, 4.69) is 83.4 Å². The van der Waals surface area contributed by atoms with Crippen LogP contribution in [0.1, 0.15) is 11.1 Å². The first kappa shape index (κ1) is 40.4. The third-order valence-corrected chi connectivity index (χ3v) is 12.1. The summed E-state index contributed by atoms with van der Waals surface area (Å²) >= 11 is 0. The van der Waals surface area contributed by atoms with Gasteiger partial charge in [-0.2, -0.15) is 13.2 Å². The summed E-state index contributed by atoms with van der Waals surface area (Å²) in [7, 11) is 0. The number of rotatable bonds is 8. The van der Waals surface area contributed by atoms with E-state index in [4.69, 9.17) is 15.0 Å². The Bertz CT molecular complexity index is 3410. The van der Waals surface area contributed by atoms with Gasteiger partial charge in [-0.3, -0.25) is 0 Å². The van der Waals surface area contributed by atoms with Crippen molar-refractivity contribution in [3.63, 3.8) is 0 Å². The zero-order chi connectivity index (χ0) is 44.8. The molecule has 0 aliphatic rings. The Morgan fingerprint density at radius 2 is 0.758 bits per heavy atom. The standard InChI is InChI=1S/C59H39F3N4/c1-38-16-14-25-45(32-38)49-36-47(58-64-56(41-21-10-4-11-22-41)63-57(65-58)42-23-12-5-13-24-42)37-50(46-26-15-27-48(33-46)59(60,61)62)55(49)66-53-30-28-43(39-17-6-2-7-18-39)34-51(53)52-35-44(29-31-54(52)66)40-19-8-3-9-20-40/h2-37H,1H3. The molecule has 0 N–H and O–H groups in total. The quantitative estimate of drug-likeness (QED) is 0.153. The molecule has 0 saturated heterocycles. The van der Waals surface area contributed by atoms with E-state index in [1.54, 1.807) is 6.07 Å². The molecule has 0 amide bonds. The molecule has 4 nitrogen and oxygen atoms in total. The van der Waals surface area contributed by atoms with Crippen molar-refractivity contribution in [1.82, 2.24) is 19.5 Å². The van der Waals surface area contributed by atoms with Crippen LogP contribution in [0.5, 0.6) is 0 Å². The molecule has 66 heavy (non-hydrogen) atoms. The van der Waals surface area contributed by atoms with Gasteiger partial charge in [-0.15, -0.1) is 0 Å². The number of alkyl halides is 3. The molecule has 9 aromatic carbocycles. The Morgan fingerprint density at radius 1 is 0.348 bits per heavy atom. The van der Waals surface area contributed by atoms with Crippen molar-refractivity contribution in [3.8, 4) is 84.4 Å². The molecule has 0 bridgehead atoms. The number of benzene rings is 9. The van der Waals surface area contributed by atoms with Gasteiger partial charge in [0, 0.05) is 38.6 Å². The maximum atomic E-state index is 14.7. The molecule has 2 aromatic heterocycles. The highest BCUT2D eigenvalue weighted by Gasteiger charge is 2.31. The second-order valence-electron chi connectivity index (χ2n) is 16.4. The summed E-state index contributed by atoms with van der Waals surface area (Å²) in [5, 5.41) is 2.02. The van der Waals surface area contributed by atoms with Gasteiger partial charge in [-0.05, 0) is 88.8 Å². The first-order chi connectivity index (χ1) is 32.2. The van der Waals surface area contributed by atoms with Crippen molar-refractivity contribution in [2.24, 2.45) is 0 Å². The van der Waals surface area contributed by atoms with Gasteiger partial charge in [0.15, 0.2) is 17.5 Å². The number of nitrogens with zero attached hydrogens (tertiary/aromatic N) is 4. The summed E-state index contributed by atoms with van der Waals surface area (Å²) in [4.78, 5) is 15.2. The minimum Gasteiger partial charge on any atom is -0.308 e. The van der Waals surface area contributed by atoms with Crippen molar-refractivity contribution in [3.05, 3.63) is 230 Å². The van der Waals surface area contributed by atoms with Gasteiger partial charge in [0.1, 0.15) is 0 Å². The van der Waals surface area contributed by atoms with Crippen molar-refractivity contribution >= 4 is 21.8 Å². The summed E-state index contributed by atoms with van der Waals surface area (Å²) < 4.78 is 46.5. The highest BCUT2D eigenvalue weighted by atomic mass is 19.4. The largest absolute Gasteiger partial charge is 0.416 e. The third kappa shape index (κ3) is 7.60. The maximum absolute atomic E-state index is 14.7. The summed E-state index contributed by atoms with van der Waals surface area (Å²) in [6, 6.07) is 70.8. The van der Waals surface area contributed by atoms with E-state index >= 15 is 0 Å². The van der Waals surface area contributed by atoms with Gasteiger partial charge in [-0.25, -0.2) is 15.0 Å². The van der Waals surface area contributed by atoms with Crippen LogP contribution in [0, 0.1) is 6.92 Å². The van der Waals surface area contributed by atoms with Gasteiger partial charge in [0.05, 0.1) is 22.3 Å². The van der Waals surface area contributed by atoms with Crippen LogP contribution in [0.3, 0.4) is 0 Å². The van der Waals surface area contributed by atoms with E-state index in [1.165, 1.54) is 12.1 Å². The van der Waals surface area contributed by atoms with Gasteiger partial charge in [0.2, 0.25) is 0 Å². The molecule has 2 heterocycles. The van der Waals surface area contributed by atoms with Gasteiger partial charge in [0.25, 0.3) is 0 Å². The number of halogens is 3. The average Bonchev–Trinajstić information content (AvgIpc) is 3.69. The van der Waals surface area contributed by atoms with Crippen molar-refractivity contribution < 1.29 is 13.2 Å². The van der Waals surface area contributed by atoms with Crippen molar-refractivity contribution in [1.29, 1.82) is 0 Å². The second-order valence-corrected chi connectivity index (χ2v) is 16.4. The fourth-order valence-corrected chi connectivity index (χ4v) is 8.94. The Balaban J connectivity index is 1.27. The predicted molar refractivity (Wildman–Crippen MR) is 262 cm³/mol. The van der Waals surface area contributed by atoms with Crippen LogP contribution >= 0.6 is 0 Å². The molecule has 0 aliphatic carbocycles. The molecule has 0 unspecified atom stereocenters. The van der Waals surface area contributed by atoms with Gasteiger partial charge < -0.3 is 4.57 Å². The van der Waals surface area contributed by atoms with E-state index < -0.39 is 11.7 Å². The third-order valence-electron chi connectivity index (χ3n) is 12.1. The van der Waals surface area contributed by atoms with Crippen LogP contribution in [0.2, 0.25) is 0 Å². The number of fused-ring (bicyclic) bond motifs is 3. The summed E-state index contributed by atoms with van der Waals surface area (Å²) in [5.41, 5.74) is 12.0. The Kier molecular flexibility index (Phi) is 10.2. The lowest BCUT2D eigenvalue weighted by Crippen LogP contribution is -2.06. The lowest BCUT2D eigenvalue weighted by Gasteiger charge is -2.22. The molecule has 11 rings (SSSR count).